The number of aromatic nitrogens is 3. The maximum absolute atomic E-state index is 14.2. The summed E-state index contributed by atoms with van der Waals surface area (Å²) in [6.45, 7) is 2.61. The Morgan fingerprint density at radius 2 is 1.97 bits per heavy atom. The van der Waals surface area contributed by atoms with Gasteiger partial charge in [0.05, 0.1) is 25.0 Å². The van der Waals surface area contributed by atoms with E-state index in [9.17, 15) is 14.0 Å². The smallest absolute Gasteiger partial charge is 0.321 e. The molecule has 2 fully saturated rings. The lowest BCUT2D eigenvalue weighted by Crippen LogP contribution is -2.46. The van der Waals surface area contributed by atoms with Gasteiger partial charge in [-0.1, -0.05) is 12.1 Å². The maximum atomic E-state index is 14.2. The van der Waals surface area contributed by atoms with Crippen LogP contribution in [-0.4, -0.2) is 52.9 Å². The first-order chi connectivity index (χ1) is 16.5. The highest BCUT2D eigenvalue weighted by molar-refractivity contribution is 6.16. The number of carbonyl (C=O) groups excluding carboxylic acids is 1. The number of amides is 2. The van der Waals surface area contributed by atoms with Gasteiger partial charge < -0.3 is 15.0 Å². The third-order valence-electron chi connectivity index (χ3n) is 5.90. The quantitative estimate of drug-likeness (QED) is 0.612. The molecule has 2 aliphatic heterocycles. The standard InChI is InChI=1S/C23H22ClFN6O3/c24-31-21(32)12-19(17-6-8-26-13-18(17)25)28-22(31)29-10-11-34-20(14-29)15-2-4-16(5-3-15)30-9-1-7-27-23(30)33/h2-6,8,12-13,20H,1,7,9-11,14H2,(H,27,33)/t20-/m1/s1. The average molecular weight is 485 g/mol. The molecule has 2 aliphatic rings. The van der Waals surface area contributed by atoms with Gasteiger partial charge in [-0.05, 0) is 30.2 Å². The van der Waals surface area contributed by atoms with E-state index >= 15 is 0 Å². The Balaban J connectivity index is 1.39. The molecule has 11 heteroatoms. The Morgan fingerprint density at radius 1 is 1.15 bits per heavy atom. The predicted octanol–water partition coefficient (Wildman–Crippen LogP) is 2.94. The highest BCUT2D eigenvalue weighted by Gasteiger charge is 2.27. The Labute approximate surface area is 199 Å². The minimum Gasteiger partial charge on any atom is -0.370 e. The molecule has 0 unspecified atom stereocenters. The Hall–Kier alpha value is -3.50. The van der Waals surface area contributed by atoms with Crippen molar-refractivity contribution in [2.24, 2.45) is 0 Å². The summed E-state index contributed by atoms with van der Waals surface area (Å²) in [5.41, 5.74) is 1.59. The number of carbonyl (C=O) groups is 1. The van der Waals surface area contributed by atoms with Crippen LogP contribution in [0.5, 0.6) is 0 Å². The number of halogens is 2. The molecule has 9 nitrogen and oxygen atoms in total. The zero-order valence-electron chi connectivity index (χ0n) is 18.2. The fraction of sp³-hybridized carbons (Fsp3) is 0.304. The number of hydrogen-bond acceptors (Lipinski definition) is 6. The highest BCUT2D eigenvalue weighted by Crippen LogP contribution is 2.29. The minimum atomic E-state index is -0.574. The van der Waals surface area contributed by atoms with Crippen molar-refractivity contribution in [2.75, 3.05) is 42.6 Å². The van der Waals surface area contributed by atoms with Gasteiger partial charge in [0.2, 0.25) is 5.95 Å². The summed E-state index contributed by atoms with van der Waals surface area (Å²) in [5, 5.41) is 2.84. The molecule has 0 spiro atoms. The second-order valence-corrected chi connectivity index (χ2v) is 8.39. The van der Waals surface area contributed by atoms with Crippen molar-refractivity contribution in [3.63, 3.8) is 0 Å². The lowest BCUT2D eigenvalue weighted by atomic mass is 10.1. The van der Waals surface area contributed by atoms with E-state index < -0.39 is 11.4 Å². The van der Waals surface area contributed by atoms with Crippen LogP contribution in [0, 0.1) is 5.82 Å². The Morgan fingerprint density at radius 3 is 2.74 bits per heavy atom. The van der Waals surface area contributed by atoms with E-state index in [1.165, 1.54) is 18.3 Å². The van der Waals surface area contributed by atoms with E-state index in [-0.39, 0.29) is 29.3 Å². The fourth-order valence-corrected chi connectivity index (χ4v) is 4.34. The van der Waals surface area contributed by atoms with Gasteiger partial charge in [-0.25, -0.2) is 14.2 Å². The van der Waals surface area contributed by atoms with Gasteiger partial charge in [0, 0.05) is 54.9 Å². The zero-order valence-corrected chi connectivity index (χ0v) is 18.9. The first kappa shape index (κ1) is 22.3. The van der Waals surface area contributed by atoms with Crippen LogP contribution in [0.15, 0.2) is 53.6 Å². The molecule has 2 aromatic heterocycles. The Kier molecular flexibility index (Phi) is 6.16. The normalized spacial score (nSPS) is 18.6. The summed E-state index contributed by atoms with van der Waals surface area (Å²) < 4.78 is 21.1. The number of urea groups is 1. The number of nitrogens with one attached hydrogen (secondary N) is 1. The van der Waals surface area contributed by atoms with Gasteiger partial charge in [0.1, 0.15) is 6.10 Å². The lowest BCUT2D eigenvalue weighted by Gasteiger charge is -2.34. The van der Waals surface area contributed by atoms with E-state index in [0.29, 0.717) is 32.8 Å². The SMILES string of the molecule is O=C1NCCCN1c1ccc([C@H]2CN(c3nc(-c4ccncc4F)cc(=O)n3Cl)CCO2)cc1. The number of benzene rings is 1. The molecule has 2 saturated heterocycles. The van der Waals surface area contributed by atoms with Crippen LogP contribution < -0.4 is 20.7 Å². The van der Waals surface area contributed by atoms with Gasteiger partial charge in [-0.2, -0.15) is 4.09 Å². The van der Waals surface area contributed by atoms with Crippen LogP contribution in [0.3, 0.4) is 0 Å². The first-order valence-electron chi connectivity index (χ1n) is 10.9. The maximum Gasteiger partial charge on any atom is 0.321 e. The van der Waals surface area contributed by atoms with Crippen molar-refractivity contribution in [1.82, 2.24) is 19.4 Å². The third kappa shape index (κ3) is 4.34. The molecule has 1 atom stereocenters. The van der Waals surface area contributed by atoms with E-state index in [2.05, 4.69) is 15.3 Å². The Bertz CT molecular complexity index is 1270. The fourth-order valence-electron chi connectivity index (χ4n) is 4.15. The molecule has 1 N–H and O–H groups in total. The molecule has 2 amide bonds. The molecular formula is C23H22ClFN6O3. The van der Waals surface area contributed by atoms with Crippen LogP contribution in [0.4, 0.5) is 20.8 Å². The van der Waals surface area contributed by atoms with Crippen molar-refractivity contribution in [1.29, 1.82) is 0 Å². The largest absolute Gasteiger partial charge is 0.370 e. The summed E-state index contributed by atoms with van der Waals surface area (Å²) in [7, 11) is 0. The average Bonchev–Trinajstić information content (AvgIpc) is 2.86. The topological polar surface area (TPSA) is 92.6 Å². The van der Waals surface area contributed by atoms with Gasteiger partial charge in [-0.3, -0.25) is 14.7 Å². The number of anilines is 2. The van der Waals surface area contributed by atoms with Crippen molar-refractivity contribution in [2.45, 2.75) is 12.5 Å². The van der Waals surface area contributed by atoms with Gasteiger partial charge in [0.15, 0.2) is 5.82 Å². The number of nitrogens with zero attached hydrogens (tertiary/aromatic N) is 5. The lowest BCUT2D eigenvalue weighted by molar-refractivity contribution is 0.0391. The zero-order chi connectivity index (χ0) is 23.7. The molecule has 0 aliphatic carbocycles. The summed E-state index contributed by atoms with van der Waals surface area (Å²) in [6.07, 6.45) is 3.11. The van der Waals surface area contributed by atoms with Crippen LogP contribution in [0.25, 0.3) is 11.3 Å². The monoisotopic (exact) mass is 484 g/mol. The molecule has 0 saturated carbocycles. The number of hydrogen-bond donors (Lipinski definition) is 1. The highest BCUT2D eigenvalue weighted by atomic mass is 35.5. The molecule has 4 heterocycles. The number of morpholine rings is 1. The van der Waals surface area contributed by atoms with Gasteiger partial charge in [-0.15, -0.1) is 0 Å². The van der Waals surface area contributed by atoms with Gasteiger partial charge in [0.25, 0.3) is 5.56 Å². The molecule has 34 heavy (non-hydrogen) atoms. The summed E-state index contributed by atoms with van der Waals surface area (Å²) in [6, 6.07) is 10.2. The van der Waals surface area contributed by atoms with Crippen molar-refractivity contribution in [3.05, 3.63) is 70.5 Å². The van der Waals surface area contributed by atoms with Crippen LogP contribution >= 0.6 is 11.8 Å². The van der Waals surface area contributed by atoms with Crippen molar-refractivity contribution < 1.29 is 13.9 Å². The summed E-state index contributed by atoms with van der Waals surface area (Å²) in [5.74, 6) is -0.356. The van der Waals surface area contributed by atoms with Crippen molar-refractivity contribution >= 4 is 29.4 Å². The first-order valence-corrected chi connectivity index (χ1v) is 11.3. The second kappa shape index (κ2) is 9.40. The summed E-state index contributed by atoms with van der Waals surface area (Å²) >= 11 is 6.25. The second-order valence-electron chi connectivity index (χ2n) is 8.05. The number of rotatable bonds is 4. The molecule has 1 aromatic carbocycles. The molecule has 0 radical (unpaired) electrons. The van der Waals surface area contributed by atoms with Crippen LogP contribution in [0.2, 0.25) is 0 Å². The van der Waals surface area contributed by atoms with Crippen molar-refractivity contribution in [3.8, 4) is 11.3 Å². The van der Waals surface area contributed by atoms with Gasteiger partial charge >= 0.3 is 6.03 Å². The molecule has 3 aromatic rings. The molecule has 176 valence electrons. The number of ether oxygens (including phenoxy) is 1. The van der Waals surface area contributed by atoms with E-state index in [1.54, 1.807) is 4.90 Å². The summed E-state index contributed by atoms with van der Waals surface area (Å²) in [4.78, 5) is 36.4. The molecule has 0 bridgehead atoms. The number of pyridine rings is 1. The van der Waals surface area contributed by atoms with E-state index in [1.807, 2.05) is 29.2 Å². The van der Waals surface area contributed by atoms with E-state index in [0.717, 1.165) is 28.0 Å². The third-order valence-corrected chi connectivity index (χ3v) is 6.22. The minimum absolute atomic E-state index is 0.101. The predicted molar refractivity (Wildman–Crippen MR) is 126 cm³/mol. The molecule has 5 rings (SSSR count). The van der Waals surface area contributed by atoms with Crippen LogP contribution in [0.1, 0.15) is 18.1 Å². The molecular weight excluding hydrogens is 463 g/mol. The van der Waals surface area contributed by atoms with E-state index in [4.69, 9.17) is 16.5 Å². The van der Waals surface area contributed by atoms with Crippen LogP contribution in [-0.2, 0) is 4.74 Å².